The lowest BCUT2D eigenvalue weighted by atomic mass is 10.0. The lowest BCUT2D eigenvalue weighted by Crippen LogP contribution is -2.52. The van der Waals surface area contributed by atoms with Crippen LogP contribution in [0.25, 0.3) is 11.1 Å². The van der Waals surface area contributed by atoms with Gasteiger partial charge in [0.25, 0.3) is 0 Å². The fraction of sp³-hybridized carbons (Fsp3) is 0.270. The molecule has 0 aliphatic heterocycles. The van der Waals surface area contributed by atoms with Crippen LogP contribution in [0.3, 0.4) is 0 Å². The van der Waals surface area contributed by atoms with Crippen molar-refractivity contribution in [2.45, 2.75) is 45.6 Å². The summed E-state index contributed by atoms with van der Waals surface area (Å²) in [4.78, 5) is 40.8. The number of esters is 2. The third kappa shape index (κ3) is 10.6. The van der Waals surface area contributed by atoms with Crippen molar-refractivity contribution in [1.82, 2.24) is 10.2 Å². The van der Waals surface area contributed by atoms with Crippen molar-refractivity contribution in [3.05, 3.63) is 132 Å². The van der Waals surface area contributed by atoms with Crippen molar-refractivity contribution in [3.8, 4) is 11.1 Å². The van der Waals surface area contributed by atoms with Crippen LogP contribution in [0.1, 0.15) is 30.5 Å². The van der Waals surface area contributed by atoms with Crippen LogP contribution in [0, 0.1) is 5.92 Å². The Bertz CT molecular complexity index is 1490. The first-order valence-corrected chi connectivity index (χ1v) is 15.1. The van der Waals surface area contributed by atoms with Crippen LogP contribution < -0.4 is 5.32 Å². The van der Waals surface area contributed by atoms with Crippen molar-refractivity contribution < 1.29 is 29.0 Å². The molecule has 4 aromatic carbocycles. The maximum atomic E-state index is 13.6. The van der Waals surface area contributed by atoms with Crippen LogP contribution in [-0.2, 0) is 38.7 Å². The van der Waals surface area contributed by atoms with Gasteiger partial charge in [-0.05, 0) is 33.7 Å². The molecular formula is C37H40N2O6. The van der Waals surface area contributed by atoms with E-state index in [0.29, 0.717) is 0 Å². The molecule has 45 heavy (non-hydrogen) atoms. The molecule has 0 saturated carbocycles. The SMILES string of the molecule is CC(C)CN(C[C@H](O)C(=O)OCc1ccccc1)C(=O)N[C@H](Cc1ccc(-c2ccccc2)cc1)C(=O)OCc1ccccc1. The molecule has 2 atom stereocenters. The standard InChI is InChI=1S/C37H40N2O6/c1-27(2)23-39(24-34(40)36(42)45-26-30-14-8-4-9-15-30)37(43)38-33(35(41)44-25-29-12-6-3-7-13-29)22-28-18-20-32(21-19-28)31-16-10-5-11-17-31/h3-21,27,33-34,40H,22-26H2,1-2H3,(H,38,43)/t33-,34+/m1/s1. The van der Waals surface area contributed by atoms with Crippen LogP contribution in [-0.4, -0.2) is 53.2 Å². The van der Waals surface area contributed by atoms with E-state index in [0.717, 1.165) is 27.8 Å². The molecule has 2 amide bonds. The van der Waals surface area contributed by atoms with Crippen LogP contribution in [0.15, 0.2) is 115 Å². The molecule has 0 saturated heterocycles. The maximum absolute atomic E-state index is 13.6. The Morgan fingerprint density at radius 1 is 0.644 bits per heavy atom. The first-order chi connectivity index (χ1) is 21.8. The molecule has 8 heteroatoms. The fourth-order valence-corrected chi connectivity index (χ4v) is 4.75. The summed E-state index contributed by atoms with van der Waals surface area (Å²) in [5.41, 5.74) is 4.53. The Morgan fingerprint density at radius 2 is 1.13 bits per heavy atom. The van der Waals surface area contributed by atoms with Gasteiger partial charge in [0, 0.05) is 13.0 Å². The molecular weight excluding hydrogens is 568 g/mol. The molecule has 234 valence electrons. The summed E-state index contributed by atoms with van der Waals surface area (Å²) in [7, 11) is 0. The minimum Gasteiger partial charge on any atom is -0.459 e. The van der Waals surface area contributed by atoms with E-state index in [2.05, 4.69) is 5.32 Å². The van der Waals surface area contributed by atoms with Crippen LogP contribution >= 0.6 is 0 Å². The predicted octanol–water partition coefficient (Wildman–Crippen LogP) is 5.78. The Hall–Kier alpha value is -4.95. The summed E-state index contributed by atoms with van der Waals surface area (Å²) in [6.07, 6.45) is -1.38. The molecule has 0 fully saturated rings. The summed E-state index contributed by atoms with van der Waals surface area (Å²) >= 11 is 0. The van der Waals surface area contributed by atoms with Crippen molar-refractivity contribution in [2.24, 2.45) is 5.92 Å². The van der Waals surface area contributed by atoms with E-state index >= 15 is 0 Å². The van der Waals surface area contributed by atoms with Crippen LogP contribution in [0.5, 0.6) is 0 Å². The van der Waals surface area contributed by atoms with Crippen molar-refractivity contribution in [1.29, 1.82) is 0 Å². The number of amides is 2. The monoisotopic (exact) mass is 608 g/mol. The van der Waals surface area contributed by atoms with Gasteiger partial charge in [-0.2, -0.15) is 0 Å². The number of urea groups is 1. The predicted molar refractivity (Wildman–Crippen MR) is 173 cm³/mol. The Morgan fingerprint density at radius 3 is 1.67 bits per heavy atom. The number of benzene rings is 4. The highest BCUT2D eigenvalue weighted by Gasteiger charge is 2.29. The number of nitrogens with one attached hydrogen (secondary N) is 1. The number of aliphatic hydroxyl groups is 1. The first kappa shape index (κ1) is 33.0. The third-order valence-electron chi connectivity index (χ3n) is 7.07. The number of carbonyl (C=O) groups excluding carboxylic acids is 3. The van der Waals surface area contributed by atoms with Gasteiger partial charge in [-0.1, -0.05) is 129 Å². The van der Waals surface area contributed by atoms with E-state index in [-0.39, 0.29) is 38.6 Å². The molecule has 0 spiro atoms. The Labute approximate surface area is 264 Å². The number of carbonyl (C=O) groups is 3. The summed E-state index contributed by atoms with van der Waals surface area (Å²) in [6.45, 7) is 3.84. The molecule has 0 bridgehead atoms. The first-order valence-electron chi connectivity index (χ1n) is 15.1. The molecule has 0 aliphatic rings. The Balaban J connectivity index is 1.45. The van der Waals surface area contributed by atoms with Gasteiger partial charge in [0.2, 0.25) is 0 Å². The minimum atomic E-state index is -1.56. The third-order valence-corrected chi connectivity index (χ3v) is 7.07. The molecule has 8 nitrogen and oxygen atoms in total. The zero-order valence-corrected chi connectivity index (χ0v) is 25.7. The minimum absolute atomic E-state index is 0.00546. The lowest BCUT2D eigenvalue weighted by molar-refractivity contribution is -0.155. The topological polar surface area (TPSA) is 105 Å². The number of hydrogen-bond donors (Lipinski definition) is 2. The summed E-state index contributed by atoms with van der Waals surface area (Å²) in [5.74, 6) is -1.40. The normalized spacial score (nSPS) is 12.2. The van der Waals surface area contributed by atoms with E-state index in [1.807, 2.05) is 129 Å². The second-order valence-corrected chi connectivity index (χ2v) is 11.3. The van der Waals surface area contributed by atoms with Gasteiger partial charge in [-0.15, -0.1) is 0 Å². The molecule has 0 radical (unpaired) electrons. The maximum Gasteiger partial charge on any atom is 0.337 e. The van der Waals surface area contributed by atoms with Gasteiger partial charge in [-0.25, -0.2) is 14.4 Å². The number of ether oxygens (including phenoxy) is 2. The average molecular weight is 609 g/mol. The highest BCUT2D eigenvalue weighted by Crippen LogP contribution is 2.20. The van der Waals surface area contributed by atoms with Gasteiger partial charge in [0.1, 0.15) is 19.3 Å². The summed E-state index contributed by atoms with van der Waals surface area (Å²) in [6, 6.07) is 34.6. The quantitative estimate of drug-likeness (QED) is 0.176. The van der Waals surface area contributed by atoms with Crippen molar-refractivity contribution >= 4 is 18.0 Å². The van der Waals surface area contributed by atoms with E-state index in [9.17, 15) is 19.5 Å². The van der Waals surface area contributed by atoms with E-state index in [1.54, 1.807) is 0 Å². The number of aliphatic hydroxyl groups excluding tert-OH is 1. The molecule has 4 rings (SSSR count). The molecule has 2 N–H and O–H groups in total. The largest absolute Gasteiger partial charge is 0.459 e. The van der Waals surface area contributed by atoms with Crippen molar-refractivity contribution in [2.75, 3.05) is 13.1 Å². The lowest BCUT2D eigenvalue weighted by Gasteiger charge is -2.28. The zero-order valence-electron chi connectivity index (χ0n) is 25.7. The van der Waals surface area contributed by atoms with Gasteiger partial charge >= 0.3 is 18.0 Å². The number of hydrogen-bond acceptors (Lipinski definition) is 6. The van der Waals surface area contributed by atoms with E-state index in [1.165, 1.54) is 4.90 Å². The molecule has 0 unspecified atom stereocenters. The zero-order chi connectivity index (χ0) is 32.0. The van der Waals surface area contributed by atoms with Gasteiger partial charge < -0.3 is 24.8 Å². The van der Waals surface area contributed by atoms with Gasteiger partial charge in [0.15, 0.2) is 6.10 Å². The number of rotatable bonds is 14. The van der Waals surface area contributed by atoms with Gasteiger partial charge in [0.05, 0.1) is 6.54 Å². The molecule has 0 aromatic heterocycles. The molecule has 4 aromatic rings. The summed E-state index contributed by atoms with van der Waals surface area (Å²) < 4.78 is 10.9. The second-order valence-electron chi connectivity index (χ2n) is 11.3. The fourth-order valence-electron chi connectivity index (χ4n) is 4.75. The highest BCUT2D eigenvalue weighted by molar-refractivity contribution is 5.84. The van der Waals surface area contributed by atoms with Crippen LogP contribution in [0.2, 0.25) is 0 Å². The average Bonchev–Trinajstić information content (AvgIpc) is 3.06. The van der Waals surface area contributed by atoms with E-state index in [4.69, 9.17) is 9.47 Å². The smallest absolute Gasteiger partial charge is 0.337 e. The number of nitrogens with zero attached hydrogens (tertiary/aromatic N) is 1. The summed E-state index contributed by atoms with van der Waals surface area (Å²) in [5, 5.41) is 13.5. The molecule has 0 aliphatic carbocycles. The second kappa shape index (κ2) is 16.8. The van der Waals surface area contributed by atoms with Crippen molar-refractivity contribution in [3.63, 3.8) is 0 Å². The van der Waals surface area contributed by atoms with Gasteiger partial charge in [-0.3, -0.25) is 0 Å². The van der Waals surface area contributed by atoms with Crippen LogP contribution in [0.4, 0.5) is 4.79 Å². The molecule has 0 heterocycles. The highest BCUT2D eigenvalue weighted by atomic mass is 16.5. The van der Waals surface area contributed by atoms with E-state index < -0.39 is 30.1 Å². The Kier molecular flexibility index (Phi) is 12.3.